The quantitative estimate of drug-likeness (QED) is 0.295. The van der Waals surface area contributed by atoms with E-state index in [-0.39, 0.29) is 41.2 Å². The average molecular weight is 418 g/mol. The Labute approximate surface area is 177 Å². The third kappa shape index (κ3) is 3.63. The number of carbonyl (C=O) groups excluding carboxylic acids is 1. The van der Waals surface area contributed by atoms with E-state index in [0.717, 1.165) is 11.1 Å². The number of aryl methyl sites for hydroxylation is 1. The minimum absolute atomic E-state index is 0.156. The van der Waals surface area contributed by atoms with E-state index in [2.05, 4.69) is 16.9 Å². The van der Waals surface area contributed by atoms with Gasteiger partial charge in [-0.15, -0.1) is 0 Å². The highest BCUT2D eigenvalue weighted by atomic mass is 19.1. The fourth-order valence-electron chi connectivity index (χ4n) is 3.49. The van der Waals surface area contributed by atoms with Gasteiger partial charge in [-0.2, -0.15) is 0 Å². The van der Waals surface area contributed by atoms with E-state index in [1.54, 1.807) is 35.0 Å². The zero-order valence-corrected chi connectivity index (χ0v) is 16.9. The highest BCUT2D eigenvalue weighted by Gasteiger charge is 2.24. The third-order valence-electron chi connectivity index (χ3n) is 5.10. The summed E-state index contributed by atoms with van der Waals surface area (Å²) in [4.78, 5) is 30.7. The van der Waals surface area contributed by atoms with Crippen molar-refractivity contribution in [2.24, 2.45) is 0 Å². The summed E-state index contributed by atoms with van der Waals surface area (Å²) in [5.41, 5.74) is 8.64. The lowest BCUT2D eigenvalue weighted by atomic mass is 10.1. The van der Waals surface area contributed by atoms with E-state index in [1.165, 1.54) is 22.6 Å². The molecule has 0 aliphatic heterocycles. The summed E-state index contributed by atoms with van der Waals surface area (Å²) < 4.78 is 16.1. The highest BCUT2D eigenvalue weighted by Crippen LogP contribution is 2.16. The van der Waals surface area contributed by atoms with Gasteiger partial charge in [-0.05, 0) is 36.8 Å². The smallest absolute Gasteiger partial charge is 0.278 e. The standard InChI is InChI=1S/C23H20FN5O2/c1-3-10-28-19(25)17(22(30)26-13-15-6-8-16(24)9-7-15)12-18-21(28)27-20-14(2)5-4-11-29(20)23(18)31/h3-9,11-12,25H,1,10,13H2,2H3,(H,26,30)/p+1. The number of nitrogen functional groups attached to an aromatic ring is 1. The number of benzene rings is 1. The van der Waals surface area contributed by atoms with E-state index >= 15 is 0 Å². The number of hydrogen-bond donors (Lipinski definition) is 2. The maximum Gasteiger partial charge on any atom is 0.278 e. The lowest BCUT2D eigenvalue weighted by molar-refractivity contribution is -0.648. The van der Waals surface area contributed by atoms with Crippen LogP contribution in [0.25, 0.3) is 16.7 Å². The van der Waals surface area contributed by atoms with Crippen molar-refractivity contribution in [3.8, 4) is 0 Å². The molecule has 0 aliphatic rings. The Hall–Kier alpha value is -4.07. The second kappa shape index (κ2) is 7.98. The summed E-state index contributed by atoms with van der Waals surface area (Å²) in [5.74, 6) is -0.626. The average Bonchev–Trinajstić information content (AvgIpc) is 2.76. The molecule has 0 spiro atoms. The third-order valence-corrected chi connectivity index (χ3v) is 5.10. The van der Waals surface area contributed by atoms with Gasteiger partial charge in [-0.3, -0.25) is 14.0 Å². The number of hydrogen-bond acceptors (Lipinski definition) is 4. The number of aromatic nitrogens is 3. The number of fused-ring (bicyclic) bond motifs is 2. The number of carbonyl (C=O) groups is 1. The second-order valence-electron chi connectivity index (χ2n) is 7.19. The van der Waals surface area contributed by atoms with Crippen LogP contribution < -0.4 is 21.2 Å². The number of nitrogens with one attached hydrogen (secondary N) is 1. The minimum atomic E-state index is -0.449. The summed E-state index contributed by atoms with van der Waals surface area (Å²) in [5, 5.41) is 3.04. The summed E-state index contributed by atoms with van der Waals surface area (Å²) in [6.45, 7) is 6.07. The highest BCUT2D eigenvalue weighted by molar-refractivity contribution is 6.00. The Morgan fingerprint density at radius 2 is 2.06 bits per heavy atom. The first-order valence-electron chi connectivity index (χ1n) is 9.68. The monoisotopic (exact) mass is 418 g/mol. The van der Waals surface area contributed by atoms with Gasteiger partial charge in [0.25, 0.3) is 17.1 Å². The largest absolute Gasteiger partial charge is 0.348 e. The van der Waals surface area contributed by atoms with Gasteiger partial charge in [-0.25, -0.2) is 8.96 Å². The maximum atomic E-state index is 13.2. The molecule has 0 saturated heterocycles. The number of pyridine rings is 2. The number of allylic oxidation sites excluding steroid dienone is 1. The molecule has 0 radical (unpaired) electrons. The zero-order chi connectivity index (χ0) is 22.1. The number of nitrogens with two attached hydrogens (primary N) is 1. The van der Waals surface area contributed by atoms with E-state index in [4.69, 9.17) is 5.73 Å². The van der Waals surface area contributed by atoms with Crippen molar-refractivity contribution in [2.45, 2.75) is 20.0 Å². The molecule has 1 aromatic carbocycles. The number of halogens is 1. The van der Waals surface area contributed by atoms with E-state index < -0.39 is 5.91 Å². The topological polar surface area (TPSA) is 93.4 Å². The molecular formula is C23H21FN5O2+. The molecule has 3 heterocycles. The van der Waals surface area contributed by atoms with Crippen molar-refractivity contribution in [1.82, 2.24) is 14.7 Å². The fourth-order valence-corrected chi connectivity index (χ4v) is 3.49. The van der Waals surface area contributed by atoms with Crippen LogP contribution in [0, 0.1) is 12.7 Å². The van der Waals surface area contributed by atoms with Gasteiger partial charge in [-0.1, -0.05) is 35.8 Å². The fraction of sp³-hybridized carbons (Fsp3) is 0.130. The second-order valence-corrected chi connectivity index (χ2v) is 7.19. The van der Waals surface area contributed by atoms with Gasteiger partial charge in [0, 0.05) is 18.3 Å². The predicted octanol–water partition coefficient (Wildman–Crippen LogP) is 2.28. The maximum absolute atomic E-state index is 13.2. The Balaban J connectivity index is 1.84. The summed E-state index contributed by atoms with van der Waals surface area (Å²) in [6.07, 6.45) is 3.26. The number of rotatable bonds is 5. The number of anilines is 1. The van der Waals surface area contributed by atoms with Crippen LogP contribution in [0.15, 0.2) is 66.1 Å². The first-order valence-corrected chi connectivity index (χ1v) is 9.68. The van der Waals surface area contributed by atoms with Crippen LogP contribution >= 0.6 is 0 Å². The first-order chi connectivity index (χ1) is 14.9. The zero-order valence-electron chi connectivity index (χ0n) is 16.9. The number of nitrogens with zero attached hydrogens (tertiary/aromatic N) is 3. The van der Waals surface area contributed by atoms with Crippen molar-refractivity contribution in [1.29, 1.82) is 0 Å². The van der Waals surface area contributed by atoms with Crippen LogP contribution in [-0.4, -0.2) is 15.3 Å². The minimum Gasteiger partial charge on any atom is -0.348 e. The van der Waals surface area contributed by atoms with Crippen LogP contribution in [0.4, 0.5) is 10.2 Å². The molecule has 4 aromatic rings. The number of amides is 1. The van der Waals surface area contributed by atoms with Gasteiger partial charge in [0.1, 0.15) is 16.8 Å². The molecule has 0 atom stereocenters. The summed E-state index contributed by atoms with van der Waals surface area (Å²) >= 11 is 0. The van der Waals surface area contributed by atoms with Crippen LogP contribution in [0.5, 0.6) is 0 Å². The lowest BCUT2D eigenvalue weighted by Crippen LogP contribution is -2.42. The van der Waals surface area contributed by atoms with Gasteiger partial charge in [0.15, 0.2) is 0 Å². The predicted molar refractivity (Wildman–Crippen MR) is 116 cm³/mol. The molecule has 0 bridgehead atoms. The molecule has 7 nitrogen and oxygen atoms in total. The van der Waals surface area contributed by atoms with E-state index in [9.17, 15) is 14.0 Å². The Bertz CT molecular complexity index is 1390. The van der Waals surface area contributed by atoms with Crippen LogP contribution in [0.1, 0.15) is 21.5 Å². The Kier molecular flexibility index (Phi) is 5.21. The molecule has 0 fully saturated rings. The molecule has 156 valence electrons. The normalized spacial score (nSPS) is 11.0. The van der Waals surface area contributed by atoms with E-state index in [1.807, 2.05) is 13.0 Å². The van der Waals surface area contributed by atoms with Crippen molar-refractivity contribution in [3.63, 3.8) is 0 Å². The van der Waals surface area contributed by atoms with E-state index in [0.29, 0.717) is 11.3 Å². The van der Waals surface area contributed by atoms with Gasteiger partial charge < -0.3 is 11.1 Å². The van der Waals surface area contributed by atoms with Crippen LogP contribution in [0.3, 0.4) is 0 Å². The molecule has 4 rings (SSSR count). The molecule has 0 aliphatic carbocycles. The van der Waals surface area contributed by atoms with Crippen molar-refractivity contribution < 1.29 is 13.8 Å². The molecule has 0 unspecified atom stereocenters. The van der Waals surface area contributed by atoms with Crippen molar-refractivity contribution >= 4 is 28.4 Å². The molecular weight excluding hydrogens is 397 g/mol. The van der Waals surface area contributed by atoms with Gasteiger partial charge in [0.2, 0.25) is 11.5 Å². The van der Waals surface area contributed by atoms with Crippen molar-refractivity contribution in [2.75, 3.05) is 5.73 Å². The van der Waals surface area contributed by atoms with Gasteiger partial charge in [0.05, 0.1) is 6.54 Å². The van der Waals surface area contributed by atoms with Gasteiger partial charge >= 0.3 is 0 Å². The van der Waals surface area contributed by atoms with Crippen LogP contribution in [-0.2, 0) is 13.1 Å². The molecule has 31 heavy (non-hydrogen) atoms. The Morgan fingerprint density at radius 1 is 1.32 bits per heavy atom. The Morgan fingerprint density at radius 3 is 2.77 bits per heavy atom. The molecule has 8 heteroatoms. The summed E-state index contributed by atoms with van der Waals surface area (Å²) in [7, 11) is 0. The summed E-state index contributed by atoms with van der Waals surface area (Å²) in [6, 6.07) is 10.9. The SMILES string of the molecule is C=CC[n+]1c(N)c(C(=O)NCc2ccc(F)cc2)cc2c(=O)n3cccc(C)c3nc21. The molecule has 0 saturated carbocycles. The molecule has 1 amide bonds. The lowest BCUT2D eigenvalue weighted by Gasteiger charge is -2.12. The van der Waals surface area contributed by atoms with Crippen LogP contribution in [0.2, 0.25) is 0 Å². The first kappa shape index (κ1) is 20.2. The van der Waals surface area contributed by atoms with Crippen molar-refractivity contribution in [3.05, 3.63) is 94.2 Å². The molecule has 3 N–H and O–H groups in total. The molecule has 3 aromatic heterocycles.